The van der Waals surface area contributed by atoms with Gasteiger partial charge in [-0.3, -0.25) is 9.97 Å². The summed E-state index contributed by atoms with van der Waals surface area (Å²) < 4.78 is 0. The quantitative estimate of drug-likeness (QED) is 0.204. The van der Waals surface area contributed by atoms with Crippen molar-refractivity contribution in [3.05, 3.63) is 157 Å². The SMILES string of the molecule is Cc1ccc(-c2ccc(-c3ccc(-c4c5ccccc5c(-c5ccc6ccccc6c5)c5ccccc45)cc3)cn2)nc1. The lowest BCUT2D eigenvalue weighted by Gasteiger charge is -2.18. The molecule has 0 atom stereocenters. The highest BCUT2D eigenvalue weighted by Crippen LogP contribution is 2.44. The number of aromatic nitrogens is 2. The Kier molecular flexibility index (Phi) is 6.05. The van der Waals surface area contributed by atoms with Crippen LogP contribution in [0.3, 0.4) is 0 Å². The molecule has 0 bridgehead atoms. The molecule has 0 aliphatic carbocycles. The second-order valence-corrected chi connectivity index (χ2v) is 11.1. The summed E-state index contributed by atoms with van der Waals surface area (Å²) in [5.74, 6) is 0. The van der Waals surface area contributed by atoms with Crippen molar-refractivity contribution in [1.82, 2.24) is 9.97 Å². The molecular weight excluding hydrogens is 520 g/mol. The first-order chi connectivity index (χ1) is 21.2. The van der Waals surface area contributed by atoms with Crippen LogP contribution in [-0.4, -0.2) is 9.97 Å². The summed E-state index contributed by atoms with van der Waals surface area (Å²) >= 11 is 0. The van der Waals surface area contributed by atoms with E-state index >= 15 is 0 Å². The van der Waals surface area contributed by atoms with E-state index < -0.39 is 0 Å². The Morgan fingerprint density at radius 1 is 0.372 bits per heavy atom. The van der Waals surface area contributed by atoms with Gasteiger partial charge < -0.3 is 0 Å². The van der Waals surface area contributed by atoms with E-state index in [4.69, 9.17) is 4.98 Å². The highest BCUT2D eigenvalue weighted by Gasteiger charge is 2.17. The van der Waals surface area contributed by atoms with Gasteiger partial charge in [-0.15, -0.1) is 0 Å². The molecule has 0 N–H and O–H groups in total. The molecule has 6 aromatic carbocycles. The number of hydrogen-bond acceptors (Lipinski definition) is 2. The second kappa shape index (κ2) is 10.3. The van der Waals surface area contributed by atoms with Gasteiger partial charge in [-0.25, -0.2) is 0 Å². The number of rotatable bonds is 4. The van der Waals surface area contributed by atoms with E-state index in [2.05, 4.69) is 132 Å². The predicted octanol–water partition coefficient (Wildman–Crippen LogP) is 10.9. The Morgan fingerprint density at radius 3 is 1.44 bits per heavy atom. The van der Waals surface area contributed by atoms with Crippen LogP contribution in [0.5, 0.6) is 0 Å². The van der Waals surface area contributed by atoms with Crippen molar-refractivity contribution in [2.75, 3.05) is 0 Å². The van der Waals surface area contributed by atoms with Crippen LogP contribution in [0.15, 0.2) is 152 Å². The van der Waals surface area contributed by atoms with Crippen molar-refractivity contribution in [3.63, 3.8) is 0 Å². The molecule has 8 aromatic rings. The molecule has 0 radical (unpaired) electrons. The zero-order chi connectivity index (χ0) is 28.8. The monoisotopic (exact) mass is 548 g/mol. The van der Waals surface area contributed by atoms with Crippen LogP contribution in [0.1, 0.15) is 5.56 Å². The lowest BCUT2D eigenvalue weighted by atomic mass is 9.85. The van der Waals surface area contributed by atoms with E-state index in [1.54, 1.807) is 0 Å². The first-order valence-electron chi connectivity index (χ1n) is 14.7. The largest absolute Gasteiger partial charge is 0.254 e. The van der Waals surface area contributed by atoms with Crippen LogP contribution in [0.2, 0.25) is 0 Å². The van der Waals surface area contributed by atoms with Crippen molar-refractivity contribution in [2.45, 2.75) is 6.92 Å². The fraction of sp³-hybridized carbons (Fsp3) is 0.0244. The zero-order valence-corrected chi connectivity index (χ0v) is 23.8. The number of benzene rings is 6. The summed E-state index contributed by atoms with van der Waals surface area (Å²) in [6.07, 6.45) is 3.82. The minimum absolute atomic E-state index is 0.879. The molecule has 0 spiro atoms. The van der Waals surface area contributed by atoms with Gasteiger partial charge in [0.25, 0.3) is 0 Å². The molecule has 202 valence electrons. The minimum Gasteiger partial charge on any atom is -0.254 e. The van der Waals surface area contributed by atoms with Gasteiger partial charge >= 0.3 is 0 Å². The number of hydrogen-bond donors (Lipinski definition) is 0. The molecule has 0 fully saturated rings. The molecule has 2 heterocycles. The van der Waals surface area contributed by atoms with Crippen LogP contribution < -0.4 is 0 Å². The average Bonchev–Trinajstić information content (AvgIpc) is 3.07. The summed E-state index contributed by atoms with van der Waals surface area (Å²) in [4.78, 5) is 9.23. The van der Waals surface area contributed by atoms with Crippen molar-refractivity contribution in [3.8, 4) is 44.8 Å². The highest BCUT2D eigenvalue weighted by atomic mass is 14.8. The fourth-order valence-electron chi connectivity index (χ4n) is 6.26. The second-order valence-electron chi connectivity index (χ2n) is 11.1. The van der Waals surface area contributed by atoms with Gasteiger partial charge in [-0.05, 0) is 90.8 Å². The topological polar surface area (TPSA) is 25.8 Å². The van der Waals surface area contributed by atoms with E-state index in [9.17, 15) is 0 Å². The van der Waals surface area contributed by atoms with Crippen LogP contribution in [0.25, 0.3) is 77.1 Å². The Morgan fingerprint density at radius 2 is 0.860 bits per heavy atom. The summed E-state index contributed by atoms with van der Waals surface area (Å²) in [6, 6.07) is 50.2. The van der Waals surface area contributed by atoms with Crippen LogP contribution in [-0.2, 0) is 0 Å². The molecule has 43 heavy (non-hydrogen) atoms. The molecule has 2 nitrogen and oxygen atoms in total. The molecule has 8 rings (SSSR count). The zero-order valence-electron chi connectivity index (χ0n) is 23.8. The molecule has 0 aliphatic rings. The van der Waals surface area contributed by atoms with Crippen molar-refractivity contribution in [2.24, 2.45) is 0 Å². The number of fused-ring (bicyclic) bond motifs is 3. The third-order valence-corrected chi connectivity index (χ3v) is 8.41. The summed E-state index contributed by atoms with van der Waals surface area (Å²) in [5, 5.41) is 7.56. The first kappa shape index (κ1) is 25.1. The van der Waals surface area contributed by atoms with Gasteiger partial charge in [-0.1, -0.05) is 121 Å². The van der Waals surface area contributed by atoms with Gasteiger partial charge in [0.2, 0.25) is 0 Å². The number of nitrogens with zero attached hydrogens (tertiary/aromatic N) is 2. The van der Waals surface area contributed by atoms with Gasteiger partial charge in [0.1, 0.15) is 0 Å². The summed E-state index contributed by atoms with van der Waals surface area (Å²) in [6.45, 7) is 2.04. The highest BCUT2D eigenvalue weighted by molar-refractivity contribution is 6.21. The van der Waals surface area contributed by atoms with Crippen LogP contribution in [0, 0.1) is 6.92 Å². The van der Waals surface area contributed by atoms with Crippen LogP contribution >= 0.6 is 0 Å². The van der Waals surface area contributed by atoms with Gasteiger partial charge in [0, 0.05) is 18.0 Å². The van der Waals surface area contributed by atoms with E-state index in [1.165, 1.54) is 54.6 Å². The summed E-state index contributed by atoms with van der Waals surface area (Å²) in [5.41, 5.74) is 10.1. The maximum atomic E-state index is 4.71. The first-order valence-corrected chi connectivity index (χ1v) is 14.7. The Balaban J connectivity index is 1.24. The number of pyridine rings is 2. The lowest BCUT2D eigenvalue weighted by molar-refractivity contribution is 1.22. The molecule has 0 saturated heterocycles. The van der Waals surface area contributed by atoms with E-state index in [0.717, 1.165) is 28.1 Å². The van der Waals surface area contributed by atoms with E-state index in [0.29, 0.717) is 0 Å². The molecule has 0 unspecified atom stereocenters. The fourth-order valence-corrected chi connectivity index (χ4v) is 6.26. The van der Waals surface area contributed by atoms with E-state index in [1.807, 2.05) is 31.5 Å². The number of aryl methyl sites for hydroxylation is 1. The van der Waals surface area contributed by atoms with E-state index in [-0.39, 0.29) is 0 Å². The Bertz CT molecular complexity index is 2210. The molecular formula is C41H28N2. The standard InChI is InChI=1S/C41H28N2/c1-27-14-22-38(42-25-27)39-23-21-33(26-43-39)29-15-18-30(19-16-29)40-34-10-4-6-12-36(34)41(37-13-7-5-11-35(37)40)32-20-17-28-8-2-3-9-31(28)24-32/h2-26H,1H3. The molecule has 0 amide bonds. The van der Waals surface area contributed by atoms with Crippen LogP contribution in [0.4, 0.5) is 0 Å². The normalized spacial score (nSPS) is 11.4. The van der Waals surface area contributed by atoms with Gasteiger partial charge in [0.05, 0.1) is 11.4 Å². The smallest absolute Gasteiger partial charge is 0.0886 e. The molecule has 0 aliphatic heterocycles. The average molecular weight is 549 g/mol. The third kappa shape index (κ3) is 4.45. The van der Waals surface area contributed by atoms with Crippen molar-refractivity contribution >= 4 is 32.3 Å². The predicted molar refractivity (Wildman–Crippen MR) is 181 cm³/mol. The van der Waals surface area contributed by atoms with Gasteiger partial charge in [-0.2, -0.15) is 0 Å². The van der Waals surface area contributed by atoms with Crippen molar-refractivity contribution < 1.29 is 0 Å². The maximum absolute atomic E-state index is 4.71. The minimum atomic E-state index is 0.879. The molecule has 2 heteroatoms. The Labute approximate surface area is 251 Å². The molecule has 2 aromatic heterocycles. The third-order valence-electron chi connectivity index (χ3n) is 8.41. The maximum Gasteiger partial charge on any atom is 0.0886 e. The lowest BCUT2D eigenvalue weighted by Crippen LogP contribution is -1.91. The van der Waals surface area contributed by atoms with Gasteiger partial charge in [0.15, 0.2) is 0 Å². The Hall–Kier alpha value is -5.60. The summed E-state index contributed by atoms with van der Waals surface area (Å²) in [7, 11) is 0. The molecule has 0 saturated carbocycles. The van der Waals surface area contributed by atoms with Crippen molar-refractivity contribution in [1.29, 1.82) is 0 Å².